The fourth-order valence-corrected chi connectivity index (χ4v) is 3.44. The van der Waals surface area contributed by atoms with Crippen LogP contribution in [-0.2, 0) is 4.79 Å². The van der Waals surface area contributed by atoms with Crippen LogP contribution in [0.1, 0.15) is 42.5 Å². The van der Waals surface area contributed by atoms with E-state index in [-0.39, 0.29) is 11.8 Å². The summed E-state index contributed by atoms with van der Waals surface area (Å²) in [7, 11) is 1.75. The molecule has 5 heteroatoms. The monoisotopic (exact) mass is 365 g/mol. The van der Waals surface area contributed by atoms with Gasteiger partial charge in [-0.3, -0.25) is 9.59 Å². The van der Waals surface area contributed by atoms with E-state index in [2.05, 4.69) is 10.6 Å². The van der Waals surface area contributed by atoms with E-state index in [1.807, 2.05) is 30.3 Å². The molecule has 3 rings (SSSR count). The molecule has 1 fully saturated rings. The number of amides is 2. The van der Waals surface area contributed by atoms with Gasteiger partial charge in [0, 0.05) is 30.0 Å². The molecule has 2 amide bonds. The van der Waals surface area contributed by atoms with Crippen molar-refractivity contribution in [2.45, 2.75) is 38.1 Å². The minimum atomic E-state index is -0.113. The summed E-state index contributed by atoms with van der Waals surface area (Å²) in [5.74, 6) is -0.195. The Kier molecular flexibility index (Phi) is 6.60. The highest BCUT2D eigenvalue weighted by molar-refractivity contribution is 6.06. The van der Waals surface area contributed by atoms with Crippen LogP contribution < -0.4 is 15.5 Å². The molecule has 0 heterocycles. The maximum absolute atomic E-state index is 12.7. The van der Waals surface area contributed by atoms with E-state index in [4.69, 9.17) is 0 Å². The fraction of sp³-hybridized carbons (Fsp3) is 0.364. The molecule has 0 aliphatic heterocycles. The molecule has 1 saturated carbocycles. The summed E-state index contributed by atoms with van der Waals surface area (Å²) in [4.78, 5) is 26.5. The minimum Gasteiger partial charge on any atom is -0.325 e. The number of hydrogen-bond donors (Lipinski definition) is 2. The highest BCUT2D eigenvalue weighted by Gasteiger charge is 2.16. The van der Waals surface area contributed by atoms with Crippen LogP contribution in [0.3, 0.4) is 0 Å². The van der Waals surface area contributed by atoms with E-state index in [1.165, 1.54) is 19.3 Å². The van der Waals surface area contributed by atoms with Gasteiger partial charge >= 0.3 is 0 Å². The first-order chi connectivity index (χ1) is 13.1. The number of carbonyl (C=O) groups is 2. The zero-order valence-electron chi connectivity index (χ0n) is 15.8. The summed E-state index contributed by atoms with van der Waals surface area (Å²) in [6.45, 7) is 0.298. The van der Waals surface area contributed by atoms with Crippen molar-refractivity contribution in [1.29, 1.82) is 0 Å². The summed E-state index contributed by atoms with van der Waals surface area (Å²) in [6.07, 6.45) is 6.05. The van der Waals surface area contributed by atoms with Gasteiger partial charge in [-0.1, -0.05) is 43.5 Å². The maximum Gasteiger partial charge on any atom is 0.258 e. The Morgan fingerprint density at radius 1 is 1.00 bits per heavy atom. The van der Waals surface area contributed by atoms with Gasteiger partial charge in [0.1, 0.15) is 0 Å². The Morgan fingerprint density at radius 2 is 1.74 bits per heavy atom. The SMILES string of the molecule is CN(C(=O)c1cccc(NC(=O)CNC2CCCCC2)c1)c1ccccc1. The molecular formula is C22H27N3O2. The lowest BCUT2D eigenvalue weighted by atomic mass is 9.95. The maximum atomic E-state index is 12.7. The van der Waals surface area contributed by atoms with Crippen LogP contribution in [0.4, 0.5) is 11.4 Å². The van der Waals surface area contributed by atoms with Crippen LogP contribution in [0.25, 0.3) is 0 Å². The molecule has 2 N–H and O–H groups in total. The molecule has 27 heavy (non-hydrogen) atoms. The molecule has 142 valence electrons. The second kappa shape index (κ2) is 9.33. The standard InChI is InChI=1S/C22H27N3O2/c1-25(20-13-6-3-7-14-20)22(27)17-9-8-12-19(15-17)24-21(26)16-23-18-10-4-2-5-11-18/h3,6-9,12-15,18,23H,2,4-5,10-11,16H2,1H3,(H,24,26). The van der Waals surface area contributed by atoms with Crippen molar-refractivity contribution in [2.75, 3.05) is 23.8 Å². The summed E-state index contributed by atoms with van der Waals surface area (Å²) < 4.78 is 0. The number of anilines is 2. The largest absolute Gasteiger partial charge is 0.325 e. The highest BCUT2D eigenvalue weighted by atomic mass is 16.2. The molecule has 0 radical (unpaired) electrons. The summed E-state index contributed by atoms with van der Waals surface area (Å²) in [5.41, 5.74) is 2.01. The number of hydrogen-bond acceptors (Lipinski definition) is 3. The fourth-order valence-electron chi connectivity index (χ4n) is 3.44. The average molecular weight is 365 g/mol. The van der Waals surface area contributed by atoms with Gasteiger partial charge in [-0.15, -0.1) is 0 Å². The van der Waals surface area contributed by atoms with Crippen LogP contribution >= 0.6 is 0 Å². The number of nitrogens with one attached hydrogen (secondary N) is 2. The number of benzene rings is 2. The predicted octanol–water partition coefficient (Wildman–Crippen LogP) is 3.82. The first-order valence-corrected chi connectivity index (χ1v) is 9.60. The van der Waals surface area contributed by atoms with Gasteiger partial charge in [0.05, 0.1) is 6.54 Å². The summed E-state index contributed by atoms with van der Waals surface area (Å²) in [5, 5.41) is 6.21. The van der Waals surface area contributed by atoms with E-state index < -0.39 is 0 Å². The van der Waals surface area contributed by atoms with Crippen molar-refractivity contribution in [3.05, 3.63) is 60.2 Å². The molecule has 2 aromatic carbocycles. The lowest BCUT2D eigenvalue weighted by molar-refractivity contribution is -0.115. The number of nitrogens with zero attached hydrogens (tertiary/aromatic N) is 1. The van der Waals surface area contributed by atoms with Crippen molar-refractivity contribution in [1.82, 2.24) is 5.32 Å². The normalized spacial score (nSPS) is 14.6. The second-order valence-electron chi connectivity index (χ2n) is 7.04. The summed E-state index contributed by atoms with van der Waals surface area (Å²) >= 11 is 0. The van der Waals surface area contributed by atoms with Crippen LogP contribution in [0.2, 0.25) is 0 Å². The molecular weight excluding hydrogens is 338 g/mol. The number of carbonyl (C=O) groups excluding carboxylic acids is 2. The van der Waals surface area contributed by atoms with Crippen molar-refractivity contribution in [3.8, 4) is 0 Å². The second-order valence-corrected chi connectivity index (χ2v) is 7.04. The van der Waals surface area contributed by atoms with Gasteiger partial charge < -0.3 is 15.5 Å². The Bertz CT molecular complexity index is 770. The number of para-hydroxylation sites is 1. The van der Waals surface area contributed by atoms with Crippen molar-refractivity contribution in [2.24, 2.45) is 0 Å². The third-order valence-electron chi connectivity index (χ3n) is 5.00. The zero-order chi connectivity index (χ0) is 19.1. The smallest absolute Gasteiger partial charge is 0.258 e. The topological polar surface area (TPSA) is 61.4 Å². The predicted molar refractivity (Wildman–Crippen MR) is 109 cm³/mol. The minimum absolute atomic E-state index is 0.0819. The molecule has 5 nitrogen and oxygen atoms in total. The quantitative estimate of drug-likeness (QED) is 0.818. The van der Waals surface area contributed by atoms with Crippen molar-refractivity contribution < 1.29 is 9.59 Å². The molecule has 0 spiro atoms. The average Bonchev–Trinajstić information content (AvgIpc) is 2.73. The first kappa shape index (κ1) is 19.1. The zero-order valence-corrected chi connectivity index (χ0v) is 15.8. The van der Waals surface area contributed by atoms with E-state index in [0.717, 1.165) is 18.5 Å². The van der Waals surface area contributed by atoms with E-state index in [9.17, 15) is 9.59 Å². The lowest BCUT2D eigenvalue weighted by Crippen LogP contribution is -2.37. The Hall–Kier alpha value is -2.66. The van der Waals surface area contributed by atoms with Gasteiger partial charge in [-0.2, -0.15) is 0 Å². The number of rotatable bonds is 6. The van der Waals surface area contributed by atoms with Gasteiger partial charge in [-0.05, 0) is 43.2 Å². The molecule has 1 aliphatic rings. The summed E-state index contributed by atoms with van der Waals surface area (Å²) in [6, 6.07) is 17.0. The Morgan fingerprint density at radius 3 is 2.48 bits per heavy atom. The van der Waals surface area contributed by atoms with Crippen LogP contribution in [0.15, 0.2) is 54.6 Å². The lowest BCUT2D eigenvalue weighted by Gasteiger charge is -2.22. The molecule has 0 bridgehead atoms. The molecule has 0 saturated heterocycles. The van der Waals surface area contributed by atoms with Crippen LogP contribution in [0.5, 0.6) is 0 Å². The van der Waals surface area contributed by atoms with E-state index in [1.54, 1.807) is 36.2 Å². The van der Waals surface area contributed by atoms with Gasteiger partial charge in [0.25, 0.3) is 5.91 Å². The molecule has 1 aliphatic carbocycles. The van der Waals surface area contributed by atoms with Gasteiger partial charge in [0.15, 0.2) is 0 Å². The van der Waals surface area contributed by atoms with E-state index >= 15 is 0 Å². The van der Waals surface area contributed by atoms with E-state index in [0.29, 0.717) is 23.8 Å². The first-order valence-electron chi connectivity index (χ1n) is 9.60. The molecule has 0 aromatic heterocycles. The molecule has 0 atom stereocenters. The van der Waals surface area contributed by atoms with Gasteiger partial charge in [-0.25, -0.2) is 0 Å². The highest BCUT2D eigenvalue weighted by Crippen LogP contribution is 2.18. The third kappa shape index (κ3) is 5.41. The third-order valence-corrected chi connectivity index (χ3v) is 5.00. The van der Waals surface area contributed by atoms with Crippen LogP contribution in [-0.4, -0.2) is 31.4 Å². The Labute approximate surface area is 160 Å². The Balaban J connectivity index is 1.58. The molecule has 2 aromatic rings. The van der Waals surface area contributed by atoms with Crippen molar-refractivity contribution >= 4 is 23.2 Å². The van der Waals surface area contributed by atoms with Crippen molar-refractivity contribution in [3.63, 3.8) is 0 Å². The van der Waals surface area contributed by atoms with Crippen LogP contribution in [0, 0.1) is 0 Å². The van der Waals surface area contributed by atoms with Gasteiger partial charge in [0.2, 0.25) is 5.91 Å². The molecule has 0 unspecified atom stereocenters.